The van der Waals surface area contributed by atoms with Crippen molar-refractivity contribution in [1.82, 2.24) is 5.32 Å². The van der Waals surface area contributed by atoms with Crippen LogP contribution in [0.5, 0.6) is 0 Å². The van der Waals surface area contributed by atoms with E-state index in [9.17, 15) is 4.79 Å². The SMILES string of the molecule is CCOC(=O)COCC1CNC(Cc2ccc(Cl)cc2)CO1. The Bertz CT molecular complexity index is 458. The zero-order valence-electron chi connectivity index (χ0n) is 12.7. The first-order valence-electron chi connectivity index (χ1n) is 7.50. The molecule has 0 aliphatic carbocycles. The minimum absolute atomic E-state index is 0.0259. The van der Waals surface area contributed by atoms with E-state index in [2.05, 4.69) is 5.32 Å². The Labute approximate surface area is 135 Å². The van der Waals surface area contributed by atoms with Gasteiger partial charge in [0.2, 0.25) is 0 Å². The molecule has 22 heavy (non-hydrogen) atoms. The van der Waals surface area contributed by atoms with Crippen molar-refractivity contribution >= 4 is 17.6 Å². The van der Waals surface area contributed by atoms with Crippen molar-refractivity contribution in [2.75, 3.05) is 33.0 Å². The largest absolute Gasteiger partial charge is 0.464 e. The molecule has 0 aromatic heterocycles. The second kappa shape index (κ2) is 9.10. The van der Waals surface area contributed by atoms with Crippen LogP contribution >= 0.6 is 11.6 Å². The lowest BCUT2D eigenvalue weighted by atomic mass is 10.1. The fraction of sp³-hybridized carbons (Fsp3) is 0.562. The molecule has 2 unspecified atom stereocenters. The molecule has 0 spiro atoms. The number of rotatable bonds is 7. The fourth-order valence-electron chi connectivity index (χ4n) is 2.29. The summed E-state index contributed by atoms with van der Waals surface area (Å²) in [7, 11) is 0. The molecule has 1 aromatic carbocycles. The zero-order valence-corrected chi connectivity index (χ0v) is 13.5. The summed E-state index contributed by atoms with van der Waals surface area (Å²) < 4.78 is 15.9. The third kappa shape index (κ3) is 5.93. The van der Waals surface area contributed by atoms with Crippen LogP contribution in [-0.2, 0) is 25.4 Å². The summed E-state index contributed by atoms with van der Waals surface area (Å²) in [6.07, 6.45) is 0.865. The van der Waals surface area contributed by atoms with E-state index in [1.54, 1.807) is 6.92 Å². The maximum atomic E-state index is 11.2. The van der Waals surface area contributed by atoms with Gasteiger partial charge >= 0.3 is 5.97 Å². The molecular formula is C16H22ClNO4. The maximum absolute atomic E-state index is 11.2. The Kier molecular flexibility index (Phi) is 7.12. The first-order chi connectivity index (χ1) is 10.7. The van der Waals surface area contributed by atoms with E-state index in [1.807, 2.05) is 24.3 Å². The smallest absolute Gasteiger partial charge is 0.332 e. The Balaban J connectivity index is 1.63. The molecule has 1 aliphatic rings. The molecule has 1 aliphatic heterocycles. The van der Waals surface area contributed by atoms with Gasteiger partial charge in [0, 0.05) is 17.6 Å². The van der Waals surface area contributed by atoms with Gasteiger partial charge in [0.25, 0.3) is 0 Å². The van der Waals surface area contributed by atoms with Crippen molar-refractivity contribution in [2.24, 2.45) is 0 Å². The number of halogens is 1. The molecule has 0 saturated carbocycles. The van der Waals surface area contributed by atoms with Crippen molar-refractivity contribution in [1.29, 1.82) is 0 Å². The van der Waals surface area contributed by atoms with Crippen LogP contribution in [0.2, 0.25) is 5.02 Å². The van der Waals surface area contributed by atoms with Crippen molar-refractivity contribution < 1.29 is 19.0 Å². The fourth-order valence-corrected chi connectivity index (χ4v) is 2.41. The lowest BCUT2D eigenvalue weighted by Gasteiger charge is -2.30. The summed E-state index contributed by atoms with van der Waals surface area (Å²) in [4.78, 5) is 11.2. The summed E-state index contributed by atoms with van der Waals surface area (Å²) in [5.41, 5.74) is 1.22. The van der Waals surface area contributed by atoms with Gasteiger partial charge in [-0.05, 0) is 31.0 Å². The first-order valence-corrected chi connectivity index (χ1v) is 7.88. The van der Waals surface area contributed by atoms with Gasteiger partial charge in [-0.15, -0.1) is 0 Å². The highest BCUT2D eigenvalue weighted by molar-refractivity contribution is 6.30. The van der Waals surface area contributed by atoms with Crippen LogP contribution < -0.4 is 5.32 Å². The number of carbonyl (C=O) groups is 1. The molecule has 1 heterocycles. The number of esters is 1. The van der Waals surface area contributed by atoms with Crippen molar-refractivity contribution in [2.45, 2.75) is 25.5 Å². The van der Waals surface area contributed by atoms with E-state index in [4.69, 9.17) is 25.8 Å². The van der Waals surface area contributed by atoms with Crippen LogP contribution in [-0.4, -0.2) is 51.1 Å². The van der Waals surface area contributed by atoms with Crippen molar-refractivity contribution in [3.05, 3.63) is 34.9 Å². The van der Waals surface area contributed by atoms with E-state index in [0.29, 0.717) is 26.4 Å². The van der Waals surface area contributed by atoms with Gasteiger partial charge in [-0.1, -0.05) is 23.7 Å². The van der Waals surface area contributed by atoms with Gasteiger partial charge in [-0.25, -0.2) is 4.79 Å². The summed E-state index contributed by atoms with van der Waals surface area (Å²) in [5.74, 6) is -0.341. The van der Waals surface area contributed by atoms with Gasteiger partial charge in [0.05, 0.1) is 25.9 Å². The Morgan fingerprint density at radius 3 is 2.82 bits per heavy atom. The number of morpholine rings is 1. The van der Waals surface area contributed by atoms with Crippen LogP contribution in [0, 0.1) is 0 Å². The third-order valence-corrected chi connectivity index (χ3v) is 3.64. The molecule has 2 atom stereocenters. The highest BCUT2D eigenvalue weighted by Gasteiger charge is 2.21. The second-order valence-corrected chi connectivity index (χ2v) is 5.65. The molecule has 1 saturated heterocycles. The normalized spacial score (nSPS) is 21.5. The van der Waals surface area contributed by atoms with Crippen molar-refractivity contribution in [3.8, 4) is 0 Å². The highest BCUT2D eigenvalue weighted by atomic mass is 35.5. The second-order valence-electron chi connectivity index (χ2n) is 5.21. The highest BCUT2D eigenvalue weighted by Crippen LogP contribution is 2.13. The molecule has 1 fully saturated rings. The molecule has 6 heteroatoms. The maximum Gasteiger partial charge on any atom is 0.332 e. The Hall–Kier alpha value is -1.14. The predicted molar refractivity (Wildman–Crippen MR) is 84.1 cm³/mol. The summed E-state index contributed by atoms with van der Waals surface area (Å²) >= 11 is 5.88. The first kappa shape index (κ1) is 17.2. The van der Waals surface area contributed by atoms with Crippen LogP contribution in [0.15, 0.2) is 24.3 Å². The number of carbonyl (C=O) groups excluding carboxylic acids is 1. The van der Waals surface area contributed by atoms with E-state index in [-0.39, 0.29) is 24.7 Å². The Morgan fingerprint density at radius 1 is 1.41 bits per heavy atom. The quantitative estimate of drug-likeness (QED) is 0.774. The molecule has 5 nitrogen and oxygen atoms in total. The lowest BCUT2D eigenvalue weighted by Crippen LogP contribution is -2.49. The number of ether oxygens (including phenoxy) is 3. The molecule has 1 N–H and O–H groups in total. The van der Waals surface area contributed by atoms with Crippen LogP contribution in [0.1, 0.15) is 12.5 Å². The van der Waals surface area contributed by atoms with Crippen LogP contribution in [0.3, 0.4) is 0 Å². The minimum Gasteiger partial charge on any atom is -0.464 e. The molecule has 0 radical (unpaired) electrons. The lowest BCUT2D eigenvalue weighted by molar-refractivity contribution is -0.150. The third-order valence-electron chi connectivity index (χ3n) is 3.39. The molecule has 122 valence electrons. The summed E-state index contributed by atoms with van der Waals surface area (Å²) in [5, 5.41) is 4.19. The average Bonchev–Trinajstić information content (AvgIpc) is 2.52. The number of benzene rings is 1. The van der Waals surface area contributed by atoms with Gasteiger partial charge in [0.1, 0.15) is 6.61 Å². The number of hydrogen-bond acceptors (Lipinski definition) is 5. The molecule has 0 amide bonds. The van der Waals surface area contributed by atoms with Crippen molar-refractivity contribution in [3.63, 3.8) is 0 Å². The topological polar surface area (TPSA) is 56.8 Å². The molecule has 2 rings (SSSR count). The minimum atomic E-state index is -0.341. The van der Waals surface area contributed by atoms with E-state index >= 15 is 0 Å². The zero-order chi connectivity index (χ0) is 15.8. The summed E-state index contributed by atoms with van der Waals surface area (Å²) in [6.45, 7) is 3.83. The predicted octanol–water partition coefficient (Wildman–Crippen LogP) is 1.82. The molecule has 0 bridgehead atoms. The standard InChI is InChI=1S/C16H22ClNO4/c1-2-21-16(19)11-20-10-15-8-18-14(9-22-15)7-12-3-5-13(17)6-4-12/h3-6,14-15,18H,2,7-11H2,1H3. The van der Waals surface area contributed by atoms with Crippen LogP contribution in [0.25, 0.3) is 0 Å². The van der Waals surface area contributed by atoms with Gasteiger partial charge < -0.3 is 19.5 Å². The molecule has 1 aromatic rings. The van der Waals surface area contributed by atoms with Gasteiger partial charge in [-0.2, -0.15) is 0 Å². The Morgan fingerprint density at radius 2 is 2.18 bits per heavy atom. The van der Waals surface area contributed by atoms with Gasteiger partial charge in [0.15, 0.2) is 0 Å². The number of hydrogen-bond donors (Lipinski definition) is 1. The van der Waals surface area contributed by atoms with E-state index in [1.165, 1.54) is 5.56 Å². The van der Waals surface area contributed by atoms with E-state index < -0.39 is 0 Å². The van der Waals surface area contributed by atoms with E-state index in [0.717, 1.165) is 11.4 Å². The molecular weight excluding hydrogens is 306 g/mol. The van der Waals surface area contributed by atoms with Crippen LogP contribution in [0.4, 0.5) is 0 Å². The summed E-state index contributed by atoms with van der Waals surface area (Å²) in [6, 6.07) is 8.12. The monoisotopic (exact) mass is 327 g/mol. The number of nitrogens with one attached hydrogen (secondary N) is 1. The average molecular weight is 328 g/mol. The van der Waals surface area contributed by atoms with Gasteiger partial charge in [-0.3, -0.25) is 0 Å².